The van der Waals surface area contributed by atoms with Crippen molar-refractivity contribution in [3.05, 3.63) is 45.7 Å². The van der Waals surface area contributed by atoms with Crippen LogP contribution in [0.5, 0.6) is 0 Å². The van der Waals surface area contributed by atoms with Gasteiger partial charge in [-0.1, -0.05) is 29.6 Å². The van der Waals surface area contributed by atoms with E-state index in [1.165, 1.54) is 18.7 Å². The molecule has 0 atom stereocenters. The summed E-state index contributed by atoms with van der Waals surface area (Å²) in [6.07, 6.45) is 0.0595. The van der Waals surface area contributed by atoms with Crippen molar-refractivity contribution < 1.29 is 13.2 Å². The van der Waals surface area contributed by atoms with Gasteiger partial charge in [0.05, 0.1) is 10.7 Å². The second-order valence-electron chi connectivity index (χ2n) is 6.24. The Labute approximate surface area is 159 Å². The number of anilines is 2. The Hall–Kier alpha value is -1.57. The molecule has 0 amide bonds. The molecule has 0 saturated heterocycles. The molecular formula is C17H17Cl2F3N4. The van der Waals surface area contributed by atoms with Crippen molar-refractivity contribution in [2.45, 2.75) is 32.0 Å². The summed E-state index contributed by atoms with van der Waals surface area (Å²) in [6, 6.07) is 4.60. The molecule has 1 aromatic carbocycles. The maximum atomic E-state index is 13.4. The Morgan fingerprint density at radius 2 is 1.96 bits per heavy atom. The maximum Gasteiger partial charge on any atom is 0.433 e. The van der Waals surface area contributed by atoms with Gasteiger partial charge in [-0.05, 0) is 43.5 Å². The zero-order chi connectivity index (χ0) is 18.7. The number of alkyl halides is 3. The molecule has 140 valence electrons. The van der Waals surface area contributed by atoms with Crippen molar-refractivity contribution in [3.8, 4) is 0 Å². The fourth-order valence-electron chi connectivity index (χ4n) is 2.66. The van der Waals surface area contributed by atoms with E-state index >= 15 is 0 Å². The number of hydrogen-bond donors (Lipinski definition) is 2. The van der Waals surface area contributed by atoms with E-state index in [4.69, 9.17) is 23.2 Å². The Bertz CT molecular complexity index is 779. The Morgan fingerprint density at radius 3 is 2.58 bits per heavy atom. The van der Waals surface area contributed by atoms with Crippen LogP contribution in [0, 0.1) is 5.92 Å². The highest BCUT2D eigenvalue weighted by atomic mass is 35.5. The van der Waals surface area contributed by atoms with Crippen LogP contribution in [0.3, 0.4) is 0 Å². The molecule has 0 bridgehead atoms. The third-order valence-corrected chi connectivity index (χ3v) is 4.83. The lowest BCUT2D eigenvalue weighted by molar-refractivity contribution is -0.141. The summed E-state index contributed by atoms with van der Waals surface area (Å²) >= 11 is 11.8. The Morgan fingerprint density at radius 1 is 1.19 bits per heavy atom. The van der Waals surface area contributed by atoms with Gasteiger partial charge in [-0.2, -0.15) is 13.2 Å². The van der Waals surface area contributed by atoms with Gasteiger partial charge < -0.3 is 10.6 Å². The molecule has 0 spiro atoms. The first-order valence-corrected chi connectivity index (χ1v) is 8.94. The number of nitrogens with one attached hydrogen (secondary N) is 2. The Balaban J connectivity index is 1.76. The van der Waals surface area contributed by atoms with Gasteiger partial charge in [0.2, 0.25) is 5.95 Å². The lowest BCUT2D eigenvalue weighted by atomic mass is 9.85. The zero-order valence-corrected chi connectivity index (χ0v) is 15.2. The van der Waals surface area contributed by atoms with E-state index in [1.54, 1.807) is 12.1 Å². The van der Waals surface area contributed by atoms with Crippen molar-refractivity contribution in [1.82, 2.24) is 15.3 Å². The maximum absolute atomic E-state index is 13.4. The summed E-state index contributed by atoms with van der Waals surface area (Å²) in [4.78, 5) is 7.65. The van der Waals surface area contributed by atoms with Crippen LogP contribution >= 0.6 is 23.2 Å². The van der Waals surface area contributed by atoms with Crippen LogP contribution in [-0.2, 0) is 12.7 Å². The molecular weight excluding hydrogens is 388 g/mol. The number of hydrogen-bond acceptors (Lipinski definition) is 4. The smallest absolute Gasteiger partial charge is 0.323 e. The van der Waals surface area contributed by atoms with Gasteiger partial charge in [0, 0.05) is 23.3 Å². The van der Waals surface area contributed by atoms with E-state index in [-0.39, 0.29) is 23.1 Å². The van der Waals surface area contributed by atoms with Crippen LogP contribution < -0.4 is 10.6 Å². The fraction of sp³-hybridized carbons (Fsp3) is 0.412. The first-order chi connectivity index (χ1) is 12.3. The summed E-state index contributed by atoms with van der Waals surface area (Å²) in [7, 11) is 0. The highest BCUT2D eigenvalue weighted by Gasteiger charge is 2.36. The summed E-state index contributed by atoms with van der Waals surface area (Å²) < 4.78 is 40.1. The molecule has 2 aromatic rings. The van der Waals surface area contributed by atoms with E-state index < -0.39 is 11.9 Å². The normalized spacial score (nSPS) is 15.0. The molecule has 9 heteroatoms. The molecule has 1 aliphatic carbocycles. The summed E-state index contributed by atoms with van der Waals surface area (Å²) in [5, 5.41) is 6.45. The molecule has 1 aliphatic rings. The minimum Gasteiger partial charge on any atom is -0.323 e. The Kier molecular flexibility index (Phi) is 5.89. The largest absolute Gasteiger partial charge is 0.433 e. The lowest BCUT2D eigenvalue weighted by Gasteiger charge is -2.25. The predicted molar refractivity (Wildman–Crippen MR) is 95.8 cm³/mol. The van der Waals surface area contributed by atoms with E-state index in [0.717, 1.165) is 12.8 Å². The highest BCUT2D eigenvalue weighted by molar-refractivity contribution is 6.36. The van der Waals surface area contributed by atoms with E-state index in [9.17, 15) is 13.2 Å². The van der Waals surface area contributed by atoms with Crippen molar-refractivity contribution in [1.29, 1.82) is 0 Å². The predicted octanol–water partition coefficient (Wildman–Crippen LogP) is 5.44. The minimum absolute atomic E-state index is 0.0181. The zero-order valence-electron chi connectivity index (χ0n) is 13.7. The third kappa shape index (κ3) is 4.78. The van der Waals surface area contributed by atoms with Crippen molar-refractivity contribution in [2.75, 3.05) is 11.9 Å². The monoisotopic (exact) mass is 404 g/mol. The summed E-state index contributed by atoms with van der Waals surface area (Å²) in [5.74, 6) is 0.377. The molecule has 0 aliphatic heterocycles. The van der Waals surface area contributed by atoms with Crippen LogP contribution in [0.4, 0.5) is 24.8 Å². The van der Waals surface area contributed by atoms with Gasteiger partial charge in [0.25, 0.3) is 0 Å². The van der Waals surface area contributed by atoms with Gasteiger partial charge in [-0.25, -0.2) is 9.97 Å². The highest BCUT2D eigenvalue weighted by Crippen LogP contribution is 2.32. The number of nitrogens with zero attached hydrogens (tertiary/aromatic N) is 2. The van der Waals surface area contributed by atoms with Crippen molar-refractivity contribution in [2.24, 2.45) is 5.92 Å². The second kappa shape index (κ2) is 7.98. The lowest BCUT2D eigenvalue weighted by Crippen LogP contribution is -2.28. The van der Waals surface area contributed by atoms with Crippen LogP contribution in [0.25, 0.3) is 0 Å². The van der Waals surface area contributed by atoms with Crippen LogP contribution in [-0.4, -0.2) is 16.5 Å². The van der Waals surface area contributed by atoms with Crippen LogP contribution in [0.15, 0.2) is 24.4 Å². The van der Waals surface area contributed by atoms with Crippen LogP contribution in [0.2, 0.25) is 10.0 Å². The van der Waals surface area contributed by atoms with E-state index in [2.05, 4.69) is 20.6 Å². The van der Waals surface area contributed by atoms with Gasteiger partial charge in [0.1, 0.15) is 0 Å². The standard InChI is InChI=1S/C17H17Cl2F3N4/c18-12-4-5-14(13(19)6-12)25-16-24-9-11(15(26-16)17(20,21)22)8-23-7-10-2-1-3-10/h4-6,9-10,23H,1-3,7-8H2,(H,24,25,26). The van der Waals surface area contributed by atoms with Gasteiger partial charge in [0.15, 0.2) is 5.69 Å². The molecule has 3 rings (SSSR count). The molecule has 1 fully saturated rings. The minimum atomic E-state index is -4.57. The number of halogens is 5. The van der Waals surface area contributed by atoms with Crippen LogP contribution in [0.1, 0.15) is 30.5 Å². The molecule has 0 radical (unpaired) electrons. The van der Waals surface area contributed by atoms with Gasteiger partial charge in [-0.3, -0.25) is 0 Å². The van der Waals surface area contributed by atoms with E-state index in [0.29, 0.717) is 23.2 Å². The molecule has 26 heavy (non-hydrogen) atoms. The van der Waals surface area contributed by atoms with Gasteiger partial charge in [-0.15, -0.1) is 0 Å². The first kappa shape index (κ1) is 19.2. The second-order valence-corrected chi connectivity index (χ2v) is 7.09. The number of aromatic nitrogens is 2. The average molecular weight is 405 g/mol. The van der Waals surface area contributed by atoms with E-state index in [1.807, 2.05) is 0 Å². The molecule has 1 heterocycles. The van der Waals surface area contributed by atoms with Crippen molar-refractivity contribution in [3.63, 3.8) is 0 Å². The third-order valence-electron chi connectivity index (χ3n) is 4.28. The number of benzene rings is 1. The molecule has 2 N–H and O–H groups in total. The summed E-state index contributed by atoms with van der Waals surface area (Å²) in [5.41, 5.74) is -0.564. The molecule has 0 unspecified atom stereocenters. The number of rotatable bonds is 6. The average Bonchev–Trinajstić information content (AvgIpc) is 2.52. The first-order valence-electron chi connectivity index (χ1n) is 8.19. The quantitative estimate of drug-likeness (QED) is 0.673. The molecule has 1 saturated carbocycles. The van der Waals surface area contributed by atoms with Gasteiger partial charge >= 0.3 is 6.18 Å². The SMILES string of the molecule is FC(F)(F)c1nc(Nc2ccc(Cl)cc2Cl)ncc1CNCC1CCC1. The topological polar surface area (TPSA) is 49.8 Å². The molecule has 4 nitrogen and oxygen atoms in total. The summed E-state index contributed by atoms with van der Waals surface area (Å²) in [6.45, 7) is 0.783. The van der Waals surface area contributed by atoms with Crippen molar-refractivity contribution >= 4 is 34.8 Å². The fourth-order valence-corrected chi connectivity index (χ4v) is 3.12. The molecule has 1 aromatic heterocycles.